The Balaban J connectivity index is 1.69. The highest BCUT2D eigenvalue weighted by atomic mass is 35.5. The van der Waals surface area contributed by atoms with Crippen molar-refractivity contribution >= 4 is 29.1 Å². The normalized spacial score (nSPS) is 10.3. The van der Waals surface area contributed by atoms with Crippen LogP contribution in [-0.4, -0.2) is 25.0 Å². The molecule has 0 aromatic heterocycles. The molecule has 0 aliphatic rings. The Morgan fingerprint density at radius 3 is 2.35 bits per heavy atom. The summed E-state index contributed by atoms with van der Waals surface area (Å²) in [5, 5.41) is 3.13. The topological polar surface area (TPSA) is 99.9 Å². The van der Waals surface area contributed by atoms with E-state index in [2.05, 4.69) is 5.32 Å². The molecule has 3 aromatic carbocycles. The molecule has 0 atom stereocenters. The molecule has 160 valence electrons. The number of nitrogens with one attached hydrogen (secondary N) is 1. The highest BCUT2D eigenvalue weighted by Gasteiger charge is 2.13. The Morgan fingerprint density at radius 2 is 1.65 bits per heavy atom. The highest BCUT2D eigenvalue weighted by molar-refractivity contribution is 6.31. The van der Waals surface area contributed by atoms with Crippen LogP contribution in [0.4, 0.5) is 5.69 Å². The molecule has 3 aromatic rings. The van der Waals surface area contributed by atoms with E-state index in [9.17, 15) is 9.59 Å². The van der Waals surface area contributed by atoms with Crippen molar-refractivity contribution in [2.45, 2.75) is 6.92 Å². The fourth-order valence-electron chi connectivity index (χ4n) is 2.71. The standard InChI is InChI=1S/C23H21ClN2O5/c1-2-29-16-8-10-17(11-9-16)31-21-12-7-15(24)13-19(21)26-22(27)14-30-20-6-4-3-5-18(20)23(25)28/h3-13H,2,14H2,1H3,(H2,25,28)(H,26,27). The summed E-state index contributed by atoms with van der Waals surface area (Å²) < 4.78 is 16.8. The zero-order chi connectivity index (χ0) is 22.2. The third-order valence-corrected chi connectivity index (χ3v) is 4.32. The molecule has 31 heavy (non-hydrogen) atoms. The van der Waals surface area contributed by atoms with Crippen LogP contribution in [0.25, 0.3) is 0 Å². The first-order valence-electron chi connectivity index (χ1n) is 9.48. The van der Waals surface area contributed by atoms with E-state index in [0.29, 0.717) is 28.8 Å². The van der Waals surface area contributed by atoms with E-state index in [4.69, 9.17) is 31.5 Å². The second-order valence-electron chi connectivity index (χ2n) is 6.34. The maximum atomic E-state index is 12.4. The minimum Gasteiger partial charge on any atom is -0.494 e. The lowest BCUT2D eigenvalue weighted by molar-refractivity contribution is -0.118. The van der Waals surface area contributed by atoms with Crippen LogP contribution in [0.2, 0.25) is 5.02 Å². The van der Waals surface area contributed by atoms with Crippen LogP contribution in [0.1, 0.15) is 17.3 Å². The molecule has 0 fully saturated rings. The molecule has 0 radical (unpaired) electrons. The van der Waals surface area contributed by atoms with Gasteiger partial charge in [0.15, 0.2) is 12.4 Å². The molecule has 7 nitrogen and oxygen atoms in total. The van der Waals surface area contributed by atoms with Gasteiger partial charge in [-0.05, 0) is 61.5 Å². The Hall–Kier alpha value is -3.71. The van der Waals surface area contributed by atoms with Crippen LogP contribution in [0.15, 0.2) is 66.7 Å². The largest absolute Gasteiger partial charge is 0.494 e. The number of hydrogen-bond acceptors (Lipinski definition) is 5. The van der Waals surface area contributed by atoms with Crippen molar-refractivity contribution in [2.75, 3.05) is 18.5 Å². The molecule has 0 unspecified atom stereocenters. The van der Waals surface area contributed by atoms with Crippen LogP contribution in [-0.2, 0) is 4.79 Å². The molecule has 8 heteroatoms. The Morgan fingerprint density at radius 1 is 0.935 bits per heavy atom. The lowest BCUT2D eigenvalue weighted by Gasteiger charge is -2.14. The van der Waals surface area contributed by atoms with Crippen LogP contribution in [0.3, 0.4) is 0 Å². The van der Waals surface area contributed by atoms with Gasteiger partial charge >= 0.3 is 0 Å². The molecule has 2 amide bonds. The molecular weight excluding hydrogens is 420 g/mol. The molecule has 3 rings (SSSR count). The highest BCUT2D eigenvalue weighted by Crippen LogP contribution is 2.32. The predicted octanol–water partition coefficient (Wildman–Crippen LogP) is 4.65. The Kier molecular flexibility index (Phi) is 7.35. The molecule has 0 saturated heterocycles. The van der Waals surface area contributed by atoms with E-state index in [1.54, 1.807) is 60.7 Å². The van der Waals surface area contributed by atoms with Gasteiger partial charge in [0.05, 0.1) is 17.9 Å². The van der Waals surface area contributed by atoms with Gasteiger partial charge in [-0.3, -0.25) is 9.59 Å². The summed E-state index contributed by atoms with van der Waals surface area (Å²) in [6, 6.07) is 18.4. The number of benzene rings is 3. The molecular formula is C23H21ClN2O5. The number of amides is 2. The van der Waals surface area contributed by atoms with Gasteiger partial charge in [-0.2, -0.15) is 0 Å². The fraction of sp³-hybridized carbons (Fsp3) is 0.130. The number of rotatable bonds is 9. The number of primary amides is 1. The van der Waals surface area contributed by atoms with Crippen LogP contribution in [0, 0.1) is 0 Å². The zero-order valence-electron chi connectivity index (χ0n) is 16.8. The summed E-state index contributed by atoms with van der Waals surface area (Å²) in [6.07, 6.45) is 0. The van der Waals surface area contributed by atoms with E-state index in [-0.39, 0.29) is 17.9 Å². The Bertz CT molecular complexity index is 1070. The monoisotopic (exact) mass is 440 g/mol. The number of para-hydroxylation sites is 1. The molecule has 0 saturated carbocycles. The molecule has 0 heterocycles. The van der Waals surface area contributed by atoms with E-state index < -0.39 is 11.8 Å². The number of anilines is 1. The van der Waals surface area contributed by atoms with Crippen molar-refractivity contribution in [3.63, 3.8) is 0 Å². The van der Waals surface area contributed by atoms with Crippen LogP contribution >= 0.6 is 11.6 Å². The number of carbonyl (C=O) groups excluding carboxylic acids is 2. The number of ether oxygens (including phenoxy) is 3. The molecule has 3 N–H and O–H groups in total. The third kappa shape index (κ3) is 6.13. The SMILES string of the molecule is CCOc1ccc(Oc2ccc(Cl)cc2NC(=O)COc2ccccc2C(N)=O)cc1. The Labute approximate surface area is 184 Å². The van der Waals surface area contributed by atoms with Gasteiger partial charge in [-0.15, -0.1) is 0 Å². The van der Waals surface area contributed by atoms with Gasteiger partial charge in [-0.1, -0.05) is 23.7 Å². The summed E-state index contributed by atoms with van der Waals surface area (Å²) in [6.45, 7) is 2.14. The van der Waals surface area contributed by atoms with Crippen LogP contribution < -0.4 is 25.3 Å². The number of carbonyl (C=O) groups is 2. The van der Waals surface area contributed by atoms with Gasteiger partial charge < -0.3 is 25.3 Å². The third-order valence-electron chi connectivity index (χ3n) is 4.09. The molecule has 0 spiro atoms. The minimum absolute atomic E-state index is 0.192. The minimum atomic E-state index is -0.642. The summed E-state index contributed by atoms with van der Waals surface area (Å²) in [4.78, 5) is 23.9. The average molecular weight is 441 g/mol. The second-order valence-corrected chi connectivity index (χ2v) is 6.78. The molecule has 0 bridgehead atoms. The van der Waals surface area contributed by atoms with Gasteiger partial charge in [0.1, 0.15) is 17.2 Å². The van der Waals surface area contributed by atoms with Crippen molar-refractivity contribution in [1.29, 1.82) is 0 Å². The first-order valence-corrected chi connectivity index (χ1v) is 9.86. The number of nitrogens with two attached hydrogens (primary N) is 1. The maximum absolute atomic E-state index is 12.4. The molecule has 0 aliphatic carbocycles. The van der Waals surface area contributed by atoms with Crippen molar-refractivity contribution in [3.05, 3.63) is 77.3 Å². The quantitative estimate of drug-likeness (QED) is 0.504. The lowest BCUT2D eigenvalue weighted by atomic mass is 10.2. The lowest BCUT2D eigenvalue weighted by Crippen LogP contribution is -2.22. The number of hydrogen-bond donors (Lipinski definition) is 2. The van der Waals surface area contributed by atoms with E-state index >= 15 is 0 Å². The fourth-order valence-corrected chi connectivity index (χ4v) is 2.88. The number of halogens is 1. The predicted molar refractivity (Wildman–Crippen MR) is 118 cm³/mol. The van der Waals surface area contributed by atoms with E-state index in [1.807, 2.05) is 6.92 Å². The first kappa shape index (κ1) is 22.0. The summed E-state index contributed by atoms with van der Waals surface area (Å²) in [5.74, 6) is 0.817. The average Bonchev–Trinajstić information content (AvgIpc) is 2.76. The van der Waals surface area contributed by atoms with Gasteiger partial charge in [0, 0.05) is 5.02 Å². The van der Waals surface area contributed by atoms with Gasteiger partial charge in [0.25, 0.3) is 11.8 Å². The summed E-state index contributed by atoms with van der Waals surface area (Å²) >= 11 is 6.08. The molecule has 0 aliphatic heterocycles. The van der Waals surface area contributed by atoms with Crippen molar-refractivity contribution in [1.82, 2.24) is 0 Å². The summed E-state index contributed by atoms with van der Waals surface area (Å²) in [5.41, 5.74) is 5.89. The second kappa shape index (κ2) is 10.4. The van der Waals surface area contributed by atoms with Gasteiger partial charge in [-0.25, -0.2) is 0 Å². The van der Waals surface area contributed by atoms with Gasteiger partial charge in [0.2, 0.25) is 0 Å². The smallest absolute Gasteiger partial charge is 0.262 e. The maximum Gasteiger partial charge on any atom is 0.262 e. The van der Waals surface area contributed by atoms with Crippen molar-refractivity contribution < 1.29 is 23.8 Å². The van der Waals surface area contributed by atoms with Crippen molar-refractivity contribution in [2.24, 2.45) is 5.73 Å². The summed E-state index contributed by atoms with van der Waals surface area (Å²) in [7, 11) is 0. The first-order chi connectivity index (χ1) is 15.0. The van der Waals surface area contributed by atoms with Crippen molar-refractivity contribution in [3.8, 4) is 23.0 Å². The zero-order valence-corrected chi connectivity index (χ0v) is 17.5. The van der Waals surface area contributed by atoms with Crippen LogP contribution in [0.5, 0.6) is 23.0 Å². The van der Waals surface area contributed by atoms with E-state index in [0.717, 1.165) is 5.75 Å². The van der Waals surface area contributed by atoms with E-state index in [1.165, 1.54) is 6.07 Å².